The number of rotatable bonds is 12. The van der Waals surface area contributed by atoms with Crippen LogP contribution in [0.2, 0.25) is 0 Å². The Bertz CT molecular complexity index is 3860. The largest absolute Gasteiger partial charge is 0.509 e. The molecular formula is C74H75N4OPt-3. The van der Waals surface area contributed by atoms with Gasteiger partial charge >= 0.3 is 0 Å². The number of anilines is 4. The van der Waals surface area contributed by atoms with Crippen LogP contribution in [0.3, 0.4) is 0 Å². The van der Waals surface area contributed by atoms with Crippen molar-refractivity contribution in [1.82, 2.24) is 9.55 Å². The van der Waals surface area contributed by atoms with Crippen LogP contribution in [0.4, 0.5) is 22.7 Å². The van der Waals surface area contributed by atoms with Gasteiger partial charge in [0.15, 0.2) is 0 Å². The predicted molar refractivity (Wildman–Crippen MR) is 332 cm³/mol. The quantitative estimate of drug-likeness (QED) is 0.114. The molecule has 3 heterocycles. The maximum absolute atomic E-state index is 7.43. The summed E-state index contributed by atoms with van der Waals surface area (Å²) in [5, 5.41) is 2.26. The zero-order chi connectivity index (χ0) is 55.8. The van der Waals surface area contributed by atoms with Gasteiger partial charge in [-0.2, -0.15) is 0 Å². The summed E-state index contributed by atoms with van der Waals surface area (Å²) in [6.07, 6.45) is 1.94. The zero-order valence-corrected chi connectivity index (χ0v) is 51.3. The van der Waals surface area contributed by atoms with Gasteiger partial charge in [-0.05, 0) is 120 Å². The number of benzene rings is 8. The van der Waals surface area contributed by atoms with Crippen LogP contribution < -0.4 is 14.5 Å². The smallest absolute Gasteiger partial charge is 0.135 e. The molecule has 1 aliphatic rings. The van der Waals surface area contributed by atoms with Crippen molar-refractivity contribution in [3.05, 3.63) is 245 Å². The van der Waals surface area contributed by atoms with E-state index in [1.165, 1.54) is 44.5 Å². The Morgan fingerprint density at radius 2 is 1.06 bits per heavy atom. The van der Waals surface area contributed by atoms with Gasteiger partial charge in [0, 0.05) is 66.8 Å². The number of ether oxygens (including phenoxy) is 1. The number of hydrogen-bond donors (Lipinski definition) is 0. The minimum atomic E-state index is -0.445. The molecule has 0 unspecified atom stereocenters. The van der Waals surface area contributed by atoms with Crippen molar-refractivity contribution in [3.63, 3.8) is 0 Å². The van der Waals surface area contributed by atoms with E-state index in [1.54, 1.807) is 0 Å². The monoisotopic (exact) mass is 1230 g/mol. The van der Waals surface area contributed by atoms with Crippen LogP contribution in [0.5, 0.6) is 11.5 Å². The Morgan fingerprint density at radius 3 is 1.69 bits per heavy atom. The van der Waals surface area contributed by atoms with Crippen LogP contribution >= 0.6 is 0 Å². The van der Waals surface area contributed by atoms with Crippen molar-refractivity contribution in [3.8, 4) is 28.4 Å². The maximum atomic E-state index is 7.43. The molecule has 0 saturated carbocycles. The average Bonchev–Trinajstić information content (AvgIpc) is 3.99. The molecule has 0 saturated heterocycles. The van der Waals surface area contributed by atoms with E-state index in [9.17, 15) is 0 Å². The summed E-state index contributed by atoms with van der Waals surface area (Å²) in [6.45, 7) is 34.4. The third kappa shape index (κ3) is 10.3. The fraction of sp³-hybridized carbons (Fsp3) is 0.270. The standard InChI is InChI=1S/C74H75N4O.Pt/c1-48(2)60-31-25-32-61(49(3)4)69(60)50-38-56(76-47-77(66-35-24-23-34-65(66)76)57-41-54(72(8,9)10)40-55(42-57)73(11,12)51-26-17-15-18-27-51)44-58(39-50)79-59-45-63(74(13,14)52-28-19-16-20-29-52)70-62-30-21-22-33-64(62)78(67(70)46-59)68-43-53(36-37-75-68)71(5,6)7;/h15-43,45,47-49H,1-14H3;/q-3;. The minimum Gasteiger partial charge on any atom is -0.509 e. The number of pyridine rings is 1. The third-order valence-corrected chi connectivity index (χ3v) is 16.6. The Hall–Kier alpha value is -7.20. The fourth-order valence-electron chi connectivity index (χ4n) is 11.7. The minimum absolute atomic E-state index is 0. The molecule has 10 aromatic rings. The third-order valence-electron chi connectivity index (χ3n) is 16.6. The molecule has 5 nitrogen and oxygen atoms in total. The Morgan fingerprint density at radius 1 is 0.500 bits per heavy atom. The van der Waals surface area contributed by atoms with Crippen LogP contribution in [0, 0.1) is 18.8 Å². The molecule has 0 radical (unpaired) electrons. The summed E-state index contributed by atoms with van der Waals surface area (Å²) < 4.78 is 9.72. The second kappa shape index (κ2) is 21.4. The van der Waals surface area contributed by atoms with Crippen LogP contribution in [-0.2, 0) is 42.7 Å². The number of nitrogens with zero attached hydrogens (tertiary/aromatic N) is 4. The van der Waals surface area contributed by atoms with Crippen LogP contribution in [0.1, 0.15) is 153 Å². The van der Waals surface area contributed by atoms with E-state index in [0.717, 1.165) is 61.5 Å². The van der Waals surface area contributed by atoms with Crippen LogP contribution in [0.15, 0.2) is 182 Å². The topological polar surface area (TPSA) is 33.5 Å². The summed E-state index contributed by atoms with van der Waals surface area (Å²) in [5.41, 5.74) is 17.5. The van der Waals surface area contributed by atoms with Gasteiger partial charge in [0.05, 0.1) is 0 Å². The molecule has 0 bridgehead atoms. The van der Waals surface area contributed by atoms with Gasteiger partial charge in [-0.25, -0.2) is 4.98 Å². The molecular weight excluding hydrogens is 1160 g/mol. The van der Waals surface area contributed by atoms with E-state index in [2.05, 4.69) is 306 Å². The average molecular weight is 1230 g/mol. The van der Waals surface area contributed by atoms with Gasteiger partial charge in [0.2, 0.25) is 0 Å². The van der Waals surface area contributed by atoms with Crippen molar-refractivity contribution in [2.45, 2.75) is 130 Å². The number of para-hydroxylation sites is 3. The van der Waals surface area contributed by atoms with E-state index in [0.29, 0.717) is 11.5 Å². The first-order valence-electron chi connectivity index (χ1n) is 28.2. The van der Waals surface area contributed by atoms with Crippen molar-refractivity contribution in [2.24, 2.45) is 0 Å². The first kappa shape index (κ1) is 56.1. The van der Waals surface area contributed by atoms with Gasteiger partial charge in [-0.15, -0.1) is 53.8 Å². The van der Waals surface area contributed by atoms with E-state index in [-0.39, 0.29) is 49.1 Å². The molecule has 8 aromatic carbocycles. The summed E-state index contributed by atoms with van der Waals surface area (Å²) in [6, 6.07) is 72.0. The van der Waals surface area contributed by atoms with Crippen LogP contribution in [0.25, 0.3) is 38.8 Å². The molecule has 0 N–H and O–H groups in total. The van der Waals surface area contributed by atoms with Gasteiger partial charge in [0.25, 0.3) is 0 Å². The zero-order valence-electron chi connectivity index (χ0n) is 49.1. The second-order valence-corrected chi connectivity index (χ2v) is 25.5. The maximum Gasteiger partial charge on any atom is 0.135 e. The van der Waals surface area contributed by atoms with Crippen LogP contribution in [-0.4, -0.2) is 9.55 Å². The number of aromatic nitrogens is 2. The molecule has 0 fully saturated rings. The number of hydrogen-bond acceptors (Lipinski definition) is 4. The van der Waals surface area contributed by atoms with E-state index < -0.39 is 5.41 Å². The SMILES string of the molecule is CC(C)c1cccc(C(C)C)c1-c1cc(Oc2[c-]c3c(c(C(C)(C)c4ccccc4)c2)c2ccccc2n3-c2cc(C(C)(C)C)ccn2)[c-]c(N2[CH-]N(c3cc(C(C)(C)C)cc(C(C)(C)c4ccccc4)c3)c3ccccc32)c1.[Pt]. The Kier molecular flexibility index (Phi) is 15.0. The molecule has 11 rings (SSSR count). The second-order valence-electron chi connectivity index (χ2n) is 25.5. The van der Waals surface area contributed by atoms with Crippen molar-refractivity contribution in [1.29, 1.82) is 0 Å². The molecule has 1 aliphatic heterocycles. The summed E-state index contributed by atoms with van der Waals surface area (Å²) in [4.78, 5) is 9.74. The number of fused-ring (bicyclic) bond motifs is 4. The van der Waals surface area contributed by atoms with E-state index >= 15 is 0 Å². The predicted octanol–water partition coefficient (Wildman–Crippen LogP) is 20.1. The molecule has 2 aromatic heterocycles. The van der Waals surface area contributed by atoms with Crippen molar-refractivity contribution < 1.29 is 25.8 Å². The van der Waals surface area contributed by atoms with Gasteiger partial charge < -0.3 is 19.1 Å². The fourth-order valence-corrected chi connectivity index (χ4v) is 11.7. The van der Waals surface area contributed by atoms with Gasteiger partial charge in [0.1, 0.15) is 5.82 Å². The van der Waals surface area contributed by atoms with Gasteiger partial charge in [-0.1, -0.05) is 223 Å². The molecule has 6 heteroatoms. The Labute approximate surface area is 491 Å². The molecule has 0 atom stereocenters. The molecule has 0 aliphatic carbocycles. The summed E-state index contributed by atoms with van der Waals surface area (Å²) in [5.74, 6) is 2.59. The first-order chi connectivity index (χ1) is 37.6. The van der Waals surface area contributed by atoms with Crippen molar-refractivity contribution in [2.75, 3.05) is 9.80 Å². The van der Waals surface area contributed by atoms with Gasteiger partial charge in [-0.3, -0.25) is 0 Å². The van der Waals surface area contributed by atoms with E-state index in [1.807, 2.05) is 6.20 Å². The summed E-state index contributed by atoms with van der Waals surface area (Å²) >= 11 is 0. The Balaban J connectivity index is 0.00000720. The molecule has 0 spiro atoms. The molecule has 410 valence electrons. The normalized spacial score (nSPS) is 13.2. The first-order valence-corrected chi connectivity index (χ1v) is 28.2. The van der Waals surface area contributed by atoms with Crippen molar-refractivity contribution >= 4 is 44.6 Å². The van der Waals surface area contributed by atoms with E-state index in [4.69, 9.17) is 9.72 Å². The molecule has 80 heavy (non-hydrogen) atoms. The molecule has 0 amide bonds. The summed E-state index contributed by atoms with van der Waals surface area (Å²) in [7, 11) is 0.